The van der Waals surface area contributed by atoms with Crippen molar-refractivity contribution in [3.63, 3.8) is 0 Å². The topological polar surface area (TPSA) is 41.6 Å². The molecular formula is C16H21F3N2O2. The lowest BCUT2D eigenvalue weighted by Crippen LogP contribution is -2.47. The second kappa shape index (κ2) is 7.68. The minimum atomic E-state index is -4.35. The van der Waals surface area contributed by atoms with E-state index in [1.807, 2.05) is 6.92 Å². The number of likely N-dealkylation sites (tertiary alicyclic amines) is 1. The van der Waals surface area contributed by atoms with E-state index < -0.39 is 11.7 Å². The molecule has 1 saturated heterocycles. The summed E-state index contributed by atoms with van der Waals surface area (Å²) in [6.45, 7) is 3.66. The SMILES string of the molecule is CCNC(=O)N1CCCC(OCc2cccc(C(F)(F)F)c2)C1. The Balaban J connectivity index is 1.89. The van der Waals surface area contributed by atoms with Gasteiger partial charge in [-0.1, -0.05) is 12.1 Å². The molecule has 1 aromatic carbocycles. The number of alkyl halides is 3. The van der Waals surface area contributed by atoms with Gasteiger partial charge < -0.3 is 15.0 Å². The summed E-state index contributed by atoms with van der Waals surface area (Å²) in [6, 6.07) is 5.01. The van der Waals surface area contributed by atoms with Crippen molar-refractivity contribution in [3.8, 4) is 0 Å². The van der Waals surface area contributed by atoms with Crippen molar-refractivity contribution < 1.29 is 22.7 Å². The number of hydrogen-bond acceptors (Lipinski definition) is 2. The predicted octanol–water partition coefficient (Wildman–Crippen LogP) is 3.42. The molecule has 0 saturated carbocycles. The van der Waals surface area contributed by atoms with Crippen LogP contribution >= 0.6 is 0 Å². The van der Waals surface area contributed by atoms with Gasteiger partial charge in [-0.3, -0.25) is 0 Å². The Bertz CT molecular complexity index is 534. The summed E-state index contributed by atoms with van der Waals surface area (Å²) in [7, 11) is 0. The van der Waals surface area contributed by atoms with Gasteiger partial charge in [0.1, 0.15) is 0 Å². The molecule has 1 unspecified atom stereocenters. The Hall–Kier alpha value is -1.76. The zero-order valence-electron chi connectivity index (χ0n) is 13.0. The summed E-state index contributed by atoms with van der Waals surface area (Å²) in [5.74, 6) is 0. The first-order chi connectivity index (χ1) is 10.9. The van der Waals surface area contributed by atoms with Gasteiger partial charge in [-0.25, -0.2) is 4.79 Å². The standard InChI is InChI=1S/C16H21F3N2O2/c1-2-20-15(22)21-8-4-7-14(10-21)23-11-12-5-3-6-13(9-12)16(17,18)19/h3,5-6,9,14H,2,4,7-8,10-11H2,1H3,(H,20,22). The number of amides is 2. The summed E-state index contributed by atoms with van der Waals surface area (Å²) in [6.07, 6.45) is -2.88. The third kappa shape index (κ3) is 5.13. The van der Waals surface area contributed by atoms with Crippen molar-refractivity contribution >= 4 is 6.03 Å². The first-order valence-corrected chi connectivity index (χ1v) is 7.70. The van der Waals surface area contributed by atoms with E-state index in [0.717, 1.165) is 25.0 Å². The van der Waals surface area contributed by atoms with Crippen molar-refractivity contribution in [2.75, 3.05) is 19.6 Å². The number of carbonyl (C=O) groups is 1. The molecule has 0 aliphatic carbocycles. The van der Waals surface area contributed by atoms with Gasteiger partial charge in [0.15, 0.2) is 0 Å². The molecule has 0 bridgehead atoms. The van der Waals surface area contributed by atoms with Crippen LogP contribution in [0.2, 0.25) is 0 Å². The molecule has 2 amide bonds. The van der Waals surface area contributed by atoms with Gasteiger partial charge in [-0.2, -0.15) is 13.2 Å². The Morgan fingerprint density at radius 3 is 2.91 bits per heavy atom. The van der Waals surface area contributed by atoms with Crippen molar-refractivity contribution in [2.45, 2.75) is 38.7 Å². The van der Waals surface area contributed by atoms with Crippen molar-refractivity contribution in [1.82, 2.24) is 10.2 Å². The molecule has 1 fully saturated rings. The number of nitrogens with zero attached hydrogens (tertiary/aromatic N) is 1. The van der Waals surface area contributed by atoms with Gasteiger partial charge in [0.25, 0.3) is 0 Å². The molecule has 23 heavy (non-hydrogen) atoms. The Morgan fingerprint density at radius 1 is 1.43 bits per heavy atom. The van der Waals surface area contributed by atoms with E-state index in [9.17, 15) is 18.0 Å². The van der Waals surface area contributed by atoms with Crippen molar-refractivity contribution in [3.05, 3.63) is 35.4 Å². The molecule has 0 aromatic heterocycles. The summed E-state index contributed by atoms with van der Waals surface area (Å²) < 4.78 is 43.8. The van der Waals surface area contributed by atoms with E-state index in [-0.39, 0.29) is 18.7 Å². The fraction of sp³-hybridized carbons (Fsp3) is 0.562. The molecule has 0 radical (unpaired) electrons. The van der Waals surface area contributed by atoms with Crippen LogP contribution in [0.4, 0.5) is 18.0 Å². The third-order valence-corrected chi connectivity index (χ3v) is 3.73. The predicted molar refractivity (Wildman–Crippen MR) is 79.9 cm³/mol. The van der Waals surface area contributed by atoms with Gasteiger partial charge >= 0.3 is 12.2 Å². The molecule has 1 aliphatic rings. The molecule has 2 rings (SSSR count). The summed E-state index contributed by atoms with van der Waals surface area (Å²) >= 11 is 0. The van der Waals surface area contributed by atoms with Crippen LogP contribution in [-0.2, 0) is 17.5 Å². The van der Waals surface area contributed by atoms with E-state index in [0.29, 0.717) is 25.2 Å². The number of benzene rings is 1. The lowest BCUT2D eigenvalue weighted by atomic mass is 10.1. The quantitative estimate of drug-likeness (QED) is 0.919. The molecule has 128 valence electrons. The molecule has 1 heterocycles. The van der Waals surface area contributed by atoms with Gasteiger partial charge in [0, 0.05) is 19.6 Å². The van der Waals surface area contributed by atoms with Crippen LogP contribution in [0.5, 0.6) is 0 Å². The number of hydrogen-bond donors (Lipinski definition) is 1. The van der Waals surface area contributed by atoms with Gasteiger partial charge in [-0.05, 0) is 37.5 Å². The zero-order chi connectivity index (χ0) is 16.9. The fourth-order valence-electron chi connectivity index (χ4n) is 2.57. The lowest BCUT2D eigenvalue weighted by Gasteiger charge is -2.32. The highest BCUT2D eigenvalue weighted by Gasteiger charge is 2.30. The monoisotopic (exact) mass is 330 g/mol. The first-order valence-electron chi connectivity index (χ1n) is 7.70. The second-order valence-electron chi connectivity index (χ2n) is 5.55. The molecular weight excluding hydrogens is 309 g/mol. The van der Waals surface area contributed by atoms with Crippen LogP contribution in [-0.4, -0.2) is 36.7 Å². The second-order valence-corrected chi connectivity index (χ2v) is 5.55. The Morgan fingerprint density at radius 2 is 2.22 bits per heavy atom. The van der Waals surface area contributed by atoms with Crippen molar-refractivity contribution in [2.24, 2.45) is 0 Å². The molecule has 1 N–H and O–H groups in total. The van der Waals surface area contributed by atoms with Crippen LogP contribution in [0.3, 0.4) is 0 Å². The van der Waals surface area contributed by atoms with Crippen LogP contribution in [0.1, 0.15) is 30.9 Å². The summed E-state index contributed by atoms with van der Waals surface area (Å²) in [5.41, 5.74) is -0.193. The number of ether oxygens (including phenoxy) is 1. The van der Waals surface area contributed by atoms with Crippen LogP contribution in [0, 0.1) is 0 Å². The van der Waals surface area contributed by atoms with E-state index in [1.165, 1.54) is 6.07 Å². The molecule has 0 spiro atoms. The maximum absolute atomic E-state index is 12.7. The number of piperidine rings is 1. The fourth-order valence-corrected chi connectivity index (χ4v) is 2.57. The van der Waals surface area contributed by atoms with Gasteiger partial charge in [0.05, 0.1) is 18.3 Å². The van der Waals surface area contributed by atoms with E-state index in [1.54, 1.807) is 11.0 Å². The normalized spacial score (nSPS) is 18.8. The third-order valence-electron chi connectivity index (χ3n) is 3.73. The van der Waals surface area contributed by atoms with E-state index in [4.69, 9.17) is 4.74 Å². The van der Waals surface area contributed by atoms with Crippen LogP contribution in [0.15, 0.2) is 24.3 Å². The molecule has 1 aromatic rings. The van der Waals surface area contributed by atoms with E-state index >= 15 is 0 Å². The average molecular weight is 330 g/mol. The van der Waals surface area contributed by atoms with E-state index in [2.05, 4.69) is 5.32 Å². The molecule has 7 heteroatoms. The Kier molecular flexibility index (Phi) is 5.87. The molecule has 1 aliphatic heterocycles. The Labute approximate surface area is 133 Å². The number of halogens is 3. The number of urea groups is 1. The molecule has 4 nitrogen and oxygen atoms in total. The number of rotatable bonds is 4. The zero-order valence-corrected chi connectivity index (χ0v) is 13.0. The lowest BCUT2D eigenvalue weighted by molar-refractivity contribution is -0.137. The van der Waals surface area contributed by atoms with Crippen molar-refractivity contribution in [1.29, 1.82) is 0 Å². The molecule has 1 atom stereocenters. The number of carbonyl (C=O) groups excluding carboxylic acids is 1. The minimum absolute atomic E-state index is 0.109. The van der Waals surface area contributed by atoms with Crippen LogP contribution in [0.25, 0.3) is 0 Å². The highest BCUT2D eigenvalue weighted by Crippen LogP contribution is 2.29. The highest BCUT2D eigenvalue weighted by molar-refractivity contribution is 5.74. The average Bonchev–Trinajstić information content (AvgIpc) is 2.53. The first kappa shape index (κ1) is 17.6. The largest absolute Gasteiger partial charge is 0.416 e. The minimum Gasteiger partial charge on any atom is -0.372 e. The van der Waals surface area contributed by atoms with Gasteiger partial charge in [0.2, 0.25) is 0 Å². The highest BCUT2D eigenvalue weighted by atomic mass is 19.4. The summed E-state index contributed by atoms with van der Waals surface area (Å²) in [4.78, 5) is 13.5. The maximum Gasteiger partial charge on any atom is 0.416 e. The maximum atomic E-state index is 12.7. The van der Waals surface area contributed by atoms with Crippen LogP contribution < -0.4 is 5.32 Å². The smallest absolute Gasteiger partial charge is 0.372 e. The number of nitrogens with one attached hydrogen (secondary N) is 1. The summed E-state index contributed by atoms with van der Waals surface area (Å²) in [5, 5.41) is 2.74. The van der Waals surface area contributed by atoms with Gasteiger partial charge in [-0.15, -0.1) is 0 Å².